The first-order chi connectivity index (χ1) is 8.38. The van der Waals surface area contributed by atoms with Crippen molar-refractivity contribution in [3.05, 3.63) is 0 Å². The van der Waals surface area contributed by atoms with Crippen LogP contribution in [0.4, 0.5) is 0 Å². The topological polar surface area (TPSA) is 40.5 Å². The van der Waals surface area contributed by atoms with E-state index < -0.39 is 0 Å². The van der Waals surface area contributed by atoms with Crippen molar-refractivity contribution in [1.82, 2.24) is 4.90 Å². The van der Waals surface area contributed by atoms with Crippen LogP contribution in [0.2, 0.25) is 0 Å². The van der Waals surface area contributed by atoms with E-state index in [2.05, 4.69) is 20.8 Å². The predicted octanol–water partition coefficient (Wildman–Crippen LogP) is 2.43. The SMILES string of the molecule is CC(C)(C)C1CCC(C(=O)N2CC[C@H](O)C2)CC1. The molecule has 1 N–H and O–H groups in total. The molecule has 0 unspecified atom stereocenters. The number of hydrogen-bond acceptors (Lipinski definition) is 2. The van der Waals surface area contributed by atoms with Gasteiger partial charge in [-0.15, -0.1) is 0 Å². The van der Waals surface area contributed by atoms with Crippen LogP contribution in [-0.4, -0.2) is 35.1 Å². The quantitative estimate of drug-likeness (QED) is 0.779. The number of nitrogens with zero attached hydrogens (tertiary/aromatic N) is 1. The first kappa shape index (κ1) is 13.9. The summed E-state index contributed by atoms with van der Waals surface area (Å²) in [6.07, 6.45) is 4.89. The molecule has 1 amide bonds. The van der Waals surface area contributed by atoms with E-state index >= 15 is 0 Å². The van der Waals surface area contributed by atoms with Gasteiger partial charge in [0, 0.05) is 19.0 Å². The number of likely N-dealkylation sites (tertiary alicyclic amines) is 1. The summed E-state index contributed by atoms with van der Waals surface area (Å²) < 4.78 is 0. The smallest absolute Gasteiger partial charge is 0.225 e. The standard InChI is InChI=1S/C15H27NO2/c1-15(2,3)12-6-4-11(5-7-12)14(18)16-9-8-13(17)10-16/h11-13,17H,4-10H2,1-3H3/t11?,12?,13-/m0/s1. The number of carbonyl (C=O) groups excluding carboxylic acids is 1. The number of aliphatic hydroxyl groups is 1. The van der Waals surface area contributed by atoms with Crippen LogP contribution in [0.15, 0.2) is 0 Å². The Morgan fingerprint density at radius 1 is 1.11 bits per heavy atom. The summed E-state index contributed by atoms with van der Waals surface area (Å²) in [5, 5.41) is 9.50. The van der Waals surface area contributed by atoms with E-state index in [0.29, 0.717) is 17.9 Å². The first-order valence-electron chi connectivity index (χ1n) is 7.35. The Morgan fingerprint density at radius 3 is 2.17 bits per heavy atom. The molecule has 1 heterocycles. The van der Waals surface area contributed by atoms with Crippen molar-refractivity contribution >= 4 is 5.91 Å². The fraction of sp³-hybridized carbons (Fsp3) is 0.933. The van der Waals surface area contributed by atoms with E-state index in [-0.39, 0.29) is 12.0 Å². The highest BCUT2D eigenvalue weighted by Gasteiger charge is 2.35. The molecule has 0 aromatic carbocycles. The van der Waals surface area contributed by atoms with Gasteiger partial charge in [-0.25, -0.2) is 0 Å². The Bertz CT molecular complexity index is 300. The molecule has 3 heteroatoms. The largest absolute Gasteiger partial charge is 0.391 e. The van der Waals surface area contributed by atoms with Crippen LogP contribution in [0.25, 0.3) is 0 Å². The van der Waals surface area contributed by atoms with Gasteiger partial charge in [0.1, 0.15) is 0 Å². The van der Waals surface area contributed by atoms with Gasteiger partial charge in [0.15, 0.2) is 0 Å². The molecule has 2 rings (SSSR count). The zero-order valence-corrected chi connectivity index (χ0v) is 12.0. The highest BCUT2D eigenvalue weighted by Crippen LogP contribution is 2.40. The Labute approximate surface area is 111 Å². The zero-order chi connectivity index (χ0) is 13.3. The molecule has 0 aromatic heterocycles. The number of carbonyl (C=O) groups is 1. The lowest BCUT2D eigenvalue weighted by atomic mass is 9.69. The van der Waals surface area contributed by atoms with Gasteiger partial charge in [-0.1, -0.05) is 20.8 Å². The third-order valence-corrected chi connectivity index (χ3v) is 4.78. The molecule has 1 saturated carbocycles. The third kappa shape index (κ3) is 3.05. The van der Waals surface area contributed by atoms with Gasteiger partial charge in [-0.3, -0.25) is 4.79 Å². The highest BCUT2D eigenvalue weighted by atomic mass is 16.3. The average Bonchev–Trinajstić information content (AvgIpc) is 2.74. The molecule has 1 aliphatic carbocycles. The van der Waals surface area contributed by atoms with Crippen LogP contribution in [-0.2, 0) is 4.79 Å². The van der Waals surface area contributed by atoms with Crippen molar-refractivity contribution in [1.29, 1.82) is 0 Å². The second kappa shape index (κ2) is 5.20. The second-order valence-electron chi connectivity index (χ2n) is 7.14. The third-order valence-electron chi connectivity index (χ3n) is 4.78. The zero-order valence-electron chi connectivity index (χ0n) is 12.0. The van der Waals surface area contributed by atoms with Crippen molar-refractivity contribution < 1.29 is 9.90 Å². The summed E-state index contributed by atoms with van der Waals surface area (Å²) in [7, 11) is 0. The Hall–Kier alpha value is -0.570. The van der Waals surface area contributed by atoms with Crippen LogP contribution >= 0.6 is 0 Å². The molecular weight excluding hydrogens is 226 g/mol. The molecule has 0 aromatic rings. The van der Waals surface area contributed by atoms with Crippen molar-refractivity contribution in [2.45, 2.75) is 59.0 Å². The van der Waals surface area contributed by atoms with Crippen molar-refractivity contribution in [3.63, 3.8) is 0 Å². The molecule has 0 radical (unpaired) electrons. The molecule has 1 atom stereocenters. The van der Waals surface area contributed by atoms with Crippen LogP contribution < -0.4 is 0 Å². The maximum atomic E-state index is 12.3. The number of amides is 1. The minimum Gasteiger partial charge on any atom is -0.391 e. The predicted molar refractivity (Wildman–Crippen MR) is 72.1 cm³/mol. The lowest BCUT2D eigenvalue weighted by molar-refractivity contribution is -0.136. The van der Waals surface area contributed by atoms with E-state index in [9.17, 15) is 9.90 Å². The van der Waals surface area contributed by atoms with Crippen LogP contribution in [0.1, 0.15) is 52.9 Å². The van der Waals surface area contributed by atoms with Gasteiger partial charge in [-0.05, 0) is 43.4 Å². The maximum absolute atomic E-state index is 12.3. The molecule has 0 spiro atoms. The molecule has 3 nitrogen and oxygen atoms in total. The minimum absolute atomic E-state index is 0.217. The lowest BCUT2D eigenvalue weighted by Crippen LogP contribution is -2.38. The Morgan fingerprint density at radius 2 is 1.72 bits per heavy atom. The second-order valence-corrected chi connectivity index (χ2v) is 7.14. The van der Waals surface area contributed by atoms with Gasteiger partial charge in [0.25, 0.3) is 0 Å². The summed E-state index contributed by atoms with van der Waals surface area (Å²) in [4.78, 5) is 14.2. The average molecular weight is 253 g/mol. The molecule has 1 saturated heterocycles. The summed E-state index contributed by atoms with van der Waals surface area (Å²) >= 11 is 0. The van der Waals surface area contributed by atoms with Gasteiger partial charge >= 0.3 is 0 Å². The van der Waals surface area contributed by atoms with Crippen molar-refractivity contribution in [2.24, 2.45) is 17.3 Å². The van der Waals surface area contributed by atoms with Gasteiger partial charge < -0.3 is 10.0 Å². The number of β-amino-alcohol motifs (C(OH)–C–C–N with tert-alkyl or cyclic N) is 1. The summed E-state index contributed by atoms with van der Waals surface area (Å²) in [6.45, 7) is 8.21. The Kier molecular flexibility index (Phi) is 4.00. The van der Waals surface area contributed by atoms with Gasteiger partial charge in [-0.2, -0.15) is 0 Å². The van der Waals surface area contributed by atoms with E-state index in [4.69, 9.17) is 0 Å². The highest BCUT2D eigenvalue weighted by molar-refractivity contribution is 5.79. The number of hydrogen-bond donors (Lipinski definition) is 1. The molecule has 1 aliphatic heterocycles. The van der Waals surface area contributed by atoms with Crippen molar-refractivity contribution in [3.8, 4) is 0 Å². The maximum Gasteiger partial charge on any atom is 0.225 e. The van der Waals surface area contributed by atoms with E-state index in [1.54, 1.807) is 0 Å². The normalized spacial score (nSPS) is 33.8. The molecule has 2 aliphatic rings. The molecule has 0 bridgehead atoms. The summed E-state index contributed by atoms with van der Waals surface area (Å²) in [5.41, 5.74) is 0.373. The van der Waals surface area contributed by atoms with Crippen molar-refractivity contribution in [2.75, 3.05) is 13.1 Å². The molecule has 18 heavy (non-hydrogen) atoms. The lowest BCUT2D eigenvalue weighted by Gasteiger charge is -2.37. The molecule has 104 valence electrons. The van der Waals surface area contributed by atoms with Crippen LogP contribution in [0, 0.1) is 17.3 Å². The number of aliphatic hydroxyl groups excluding tert-OH is 1. The van der Waals surface area contributed by atoms with Gasteiger partial charge in [0.2, 0.25) is 5.91 Å². The van der Waals surface area contributed by atoms with E-state index in [1.165, 1.54) is 12.8 Å². The van der Waals surface area contributed by atoms with Crippen LogP contribution in [0.5, 0.6) is 0 Å². The minimum atomic E-state index is -0.292. The fourth-order valence-electron chi connectivity index (χ4n) is 3.41. The van der Waals surface area contributed by atoms with Crippen LogP contribution in [0.3, 0.4) is 0 Å². The summed E-state index contributed by atoms with van der Waals surface area (Å²) in [6, 6.07) is 0. The first-order valence-corrected chi connectivity index (χ1v) is 7.35. The Balaban J connectivity index is 1.84. The number of rotatable bonds is 1. The molecule has 2 fully saturated rings. The molecular formula is C15H27NO2. The monoisotopic (exact) mass is 253 g/mol. The summed E-state index contributed by atoms with van der Waals surface area (Å²) in [5.74, 6) is 1.26. The van der Waals surface area contributed by atoms with E-state index in [1.807, 2.05) is 4.90 Å². The van der Waals surface area contributed by atoms with E-state index in [0.717, 1.165) is 31.7 Å². The van der Waals surface area contributed by atoms with Gasteiger partial charge in [0.05, 0.1) is 6.10 Å². The fourth-order valence-corrected chi connectivity index (χ4v) is 3.41.